The molecular formula is C16H26N2O4. The second-order valence-electron chi connectivity index (χ2n) is 6.61. The molecule has 2 saturated carbocycles. The molecule has 1 atom stereocenters. The summed E-state index contributed by atoms with van der Waals surface area (Å²) in [4.78, 5) is 34.8. The van der Waals surface area contributed by atoms with Crippen LogP contribution in [0.5, 0.6) is 0 Å². The van der Waals surface area contributed by atoms with E-state index in [4.69, 9.17) is 5.11 Å². The summed E-state index contributed by atoms with van der Waals surface area (Å²) in [6.07, 6.45) is 7.27. The minimum Gasteiger partial charge on any atom is -0.480 e. The molecule has 22 heavy (non-hydrogen) atoms. The Balaban J connectivity index is 1.72. The topological polar surface area (TPSA) is 95.5 Å². The summed E-state index contributed by atoms with van der Waals surface area (Å²) in [7, 11) is 0. The number of rotatable bonds is 5. The number of hydrogen-bond acceptors (Lipinski definition) is 3. The lowest BCUT2D eigenvalue weighted by molar-refractivity contribution is -0.142. The molecule has 0 aromatic carbocycles. The Kier molecular flexibility index (Phi) is 5.80. The third kappa shape index (κ3) is 4.45. The highest BCUT2D eigenvalue weighted by Crippen LogP contribution is 2.27. The molecule has 0 aliphatic heterocycles. The standard InChI is InChI=1S/C16H26N2O4/c1-10(16(21)22)17-14(19)12-6-8-13(9-7-12)18-15(20)11-4-2-3-5-11/h10-13H,2-9H2,1H3,(H,17,19)(H,18,20)(H,21,22)/t10-,12?,13?/m1/s1. The third-order valence-electron chi connectivity index (χ3n) is 4.90. The van der Waals surface area contributed by atoms with Crippen LogP contribution in [0.4, 0.5) is 0 Å². The molecule has 6 heteroatoms. The number of carbonyl (C=O) groups excluding carboxylic acids is 2. The molecule has 6 nitrogen and oxygen atoms in total. The summed E-state index contributed by atoms with van der Waals surface area (Å²) < 4.78 is 0. The van der Waals surface area contributed by atoms with E-state index in [0.717, 1.165) is 38.5 Å². The van der Waals surface area contributed by atoms with Crippen molar-refractivity contribution in [2.75, 3.05) is 0 Å². The van der Waals surface area contributed by atoms with Crippen LogP contribution in [0.1, 0.15) is 58.3 Å². The number of carboxylic acids is 1. The summed E-state index contributed by atoms with van der Waals surface area (Å²) in [5.41, 5.74) is 0. The molecule has 0 bridgehead atoms. The van der Waals surface area contributed by atoms with Gasteiger partial charge in [-0.05, 0) is 45.4 Å². The fraction of sp³-hybridized carbons (Fsp3) is 0.812. The Morgan fingerprint density at radius 3 is 2.00 bits per heavy atom. The number of aliphatic carboxylic acids is 1. The van der Waals surface area contributed by atoms with Gasteiger partial charge in [-0.2, -0.15) is 0 Å². The van der Waals surface area contributed by atoms with Crippen molar-refractivity contribution in [1.82, 2.24) is 10.6 Å². The van der Waals surface area contributed by atoms with Gasteiger partial charge in [-0.1, -0.05) is 12.8 Å². The largest absolute Gasteiger partial charge is 0.480 e. The number of nitrogens with one attached hydrogen (secondary N) is 2. The Labute approximate surface area is 131 Å². The maximum atomic E-state index is 12.1. The van der Waals surface area contributed by atoms with Gasteiger partial charge in [0.15, 0.2) is 0 Å². The van der Waals surface area contributed by atoms with Crippen molar-refractivity contribution in [2.45, 2.75) is 70.4 Å². The van der Waals surface area contributed by atoms with E-state index in [9.17, 15) is 14.4 Å². The first-order chi connectivity index (χ1) is 10.5. The van der Waals surface area contributed by atoms with Crippen LogP contribution in [0, 0.1) is 11.8 Å². The van der Waals surface area contributed by atoms with E-state index in [1.807, 2.05) is 0 Å². The molecule has 0 spiro atoms. The van der Waals surface area contributed by atoms with Crippen molar-refractivity contribution in [3.63, 3.8) is 0 Å². The lowest BCUT2D eigenvalue weighted by Gasteiger charge is -2.29. The molecule has 124 valence electrons. The number of hydrogen-bond donors (Lipinski definition) is 3. The highest BCUT2D eigenvalue weighted by Gasteiger charge is 2.30. The first kappa shape index (κ1) is 16.8. The second kappa shape index (κ2) is 7.61. The van der Waals surface area contributed by atoms with Crippen LogP contribution in [0.2, 0.25) is 0 Å². The predicted octanol–water partition coefficient (Wildman–Crippen LogP) is 1.44. The SMILES string of the molecule is C[C@@H](NC(=O)C1CCC(NC(=O)C2CCCC2)CC1)C(=O)O. The molecule has 2 aliphatic rings. The van der Waals surface area contributed by atoms with Gasteiger partial charge in [0.1, 0.15) is 6.04 Å². The lowest BCUT2D eigenvalue weighted by Crippen LogP contribution is -2.45. The van der Waals surface area contributed by atoms with Crippen molar-refractivity contribution in [2.24, 2.45) is 11.8 Å². The zero-order valence-corrected chi connectivity index (χ0v) is 13.1. The number of carbonyl (C=O) groups is 3. The van der Waals surface area contributed by atoms with Crippen molar-refractivity contribution >= 4 is 17.8 Å². The van der Waals surface area contributed by atoms with E-state index >= 15 is 0 Å². The van der Waals surface area contributed by atoms with Gasteiger partial charge in [0.05, 0.1) is 0 Å². The second-order valence-corrected chi connectivity index (χ2v) is 6.61. The Morgan fingerprint density at radius 1 is 0.909 bits per heavy atom. The quantitative estimate of drug-likeness (QED) is 0.716. The summed E-state index contributed by atoms with van der Waals surface area (Å²) in [5, 5.41) is 14.5. The van der Waals surface area contributed by atoms with Gasteiger partial charge in [-0.15, -0.1) is 0 Å². The Bertz CT molecular complexity index is 424. The van der Waals surface area contributed by atoms with E-state index in [2.05, 4.69) is 10.6 Å². The summed E-state index contributed by atoms with van der Waals surface area (Å²) in [6.45, 7) is 1.47. The van der Waals surface area contributed by atoms with Gasteiger partial charge in [-0.3, -0.25) is 14.4 Å². The van der Waals surface area contributed by atoms with Gasteiger partial charge in [0.25, 0.3) is 0 Å². The number of amides is 2. The molecule has 2 amide bonds. The molecular weight excluding hydrogens is 284 g/mol. The van der Waals surface area contributed by atoms with Gasteiger partial charge in [0, 0.05) is 17.9 Å². The van der Waals surface area contributed by atoms with Crippen LogP contribution < -0.4 is 10.6 Å². The molecule has 2 aliphatic carbocycles. The smallest absolute Gasteiger partial charge is 0.325 e. The lowest BCUT2D eigenvalue weighted by atomic mass is 9.85. The predicted molar refractivity (Wildman–Crippen MR) is 81.1 cm³/mol. The average Bonchev–Trinajstić information content (AvgIpc) is 3.02. The van der Waals surface area contributed by atoms with Crippen molar-refractivity contribution in [3.05, 3.63) is 0 Å². The van der Waals surface area contributed by atoms with Gasteiger partial charge in [0.2, 0.25) is 11.8 Å². The molecule has 0 radical (unpaired) electrons. The summed E-state index contributed by atoms with van der Waals surface area (Å²) >= 11 is 0. The van der Waals surface area contributed by atoms with E-state index in [1.54, 1.807) is 0 Å². The van der Waals surface area contributed by atoms with E-state index in [1.165, 1.54) is 6.92 Å². The fourth-order valence-corrected chi connectivity index (χ4v) is 3.40. The highest BCUT2D eigenvalue weighted by molar-refractivity contribution is 5.84. The highest BCUT2D eigenvalue weighted by atomic mass is 16.4. The first-order valence-electron chi connectivity index (χ1n) is 8.31. The first-order valence-corrected chi connectivity index (χ1v) is 8.31. The monoisotopic (exact) mass is 310 g/mol. The van der Waals surface area contributed by atoms with Crippen molar-refractivity contribution in [1.29, 1.82) is 0 Å². The molecule has 2 rings (SSSR count). The van der Waals surface area contributed by atoms with E-state index < -0.39 is 12.0 Å². The van der Waals surface area contributed by atoms with E-state index in [-0.39, 0.29) is 29.7 Å². The molecule has 0 saturated heterocycles. The van der Waals surface area contributed by atoms with Crippen LogP contribution in [0.15, 0.2) is 0 Å². The molecule has 2 fully saturated rings. The van der Waals surface area contributed by atoms with Crippen molar-refractivity contribution in [3.8, 4) is 0 Å². The van der Waals surface area contributed by atoms with Crippen LogP contribution in [-0.2, 0) is 14.4 Å². The van der Waals surface area contributed by atoms with E-state index in [0.29, 0.717) is 12.8 Å². The van der Waals surface area contributed by atoms with Crippen LogP contribution in [0.25, 0.3) is 0 Å². The minimum absolute atomic E-state index is 0.138. The molecule has 0 unspecified atom stereocenters. The average molecular weight is 310 g/mol. The third-order valence-corrected chi connectivity index (χ3v) is 4.90. The van der Waals surface area contributed by atoms with Crippen LogP contribution in [0.3, 0.4) is 0 Å². The van der Waals surface area contributed by atoms with Gasteiger partial charge >= 0.3 is 5.97 Å². The maximum Gasteiger partial charge on any atom is 0.325 e. The fourth-order valence-electron chi connectivity index (χ4n) is 3.40. The van der Waals surface area contributed by atoms with Gasteiger partial charge in [-0.25, -0.2) is 0 Å². The molecule has 0 aromatic rings. The zero-order valence-electron chi connectivity index (χ0n) is 13.1. The number of carboxylic acid groups (broad SMARTS) is 1. The van der Waals surface area contributed by atoms with Crippen LogP contribution >= 0.6 is 0 Å². The normalized spacial score (nSPS) is 27.1. The zero-order chi connectivity index (χ0) is 16.1. The van der Waals surface area contributed by atoms with Crippen molar-refractivity contribution < 1.29 is 19.5 Å². The Morgan fingerprint density at radius 2 is 1.45 bits per heavy atom. The molecule has 0 aromatic heterocycles. The minimum atomic E-state index is -1.02. The molecule has 3 N–H and O–H groups in total. The van der Waals surface area contributed by atoms with Gasteiger partial charge < -0.3 is 15.7 Å². The van der Waals surface area contributed by atoms with Crippen LogP contribution in [-0.4, -0.2) is 35.0 Å². The summed E-state index contributed by atoms with van der Waals surface area (Å²) in [5.74, 6) is -0.995. The Hall–Kier alpha value is -1.59. The summed E-state index contributed by atoms with van der Waals surface area (Å²) in [6, 6.07) is -0.693. The molecule has 0 heterocycles. The maximum absolute atomic E-state index is 12.1.